The molecule has 0 N–H and O–H groups in total. The van der Waals surface area contributed by atoms with Crippen LogP contribution in [0.25, 0.3) is 10.8 Å². The van der Waals surface area contributed by atoms with Gasteiger partial charge in [-0.05, 0) is 22.9 Å². The predicted molar refractivity (Wildman–Crippen MR) is 54.5 cm³/mol. The predicted octanol–water partition coefficient (Wildman–Crippen LogP) is 0.968. The van der Waals surface area contributed by atoms with E-state index in [-0.39, 0.29) is 0 Å². The minimum absolute atomic E-state index is 0.418. The number of hydrogen-bond acceptors (Lipinski definition) is 3. The van der Waals surface area contributed by atoms with E-state index in [0.717, 1.165) is 10.8 Å². The molecule has 3 nitrogen and oxygen atoms in total. The van der Waals surface area contributed by atoms with E-state index in [1.165, 1.54) is 0 Å². The first-order chi connectivity index (χ1) is 7.25. The van der Waals surface area contributed by atoms with E-state index in [1.54, 1.807) is 12.1 Å². The number of fused-ring (bicyclic) bond motifs is 1. The maximum atomic E-state index is 10.2. The standard InChI is InChI=1S/C12H10O3/c13-12(14)8-15-11-6-5-9-3-1-2-4-10(9)7-11/h1-7H,8H2,(H,13,14)/p-1. The Balaban J connectivity index is 2.26. The number of carboxylic acid groups (broad SMARTS) is 1. The fourth-order valence-electron chi connectivity index (χ4n) is 1.40. The van der Waals surface area contributed by atoms with Gasteiger partial charge in [-0.25, -0.2) is 0 Å². The molecule has 15 heavy (non-hydrogen) atoms. The lowest BCUT2D eigenvalue weighted by molar-refractivity contribution is -0.307. The zero-order valence-corrected chi connectivity index (χ0v) is 7.97. The fourth-order valence-corrected chi connectivity index (χ4v) is 1.40. The first kappa shape index (κ1) is 9.52. The van der Waals surface area contributed by atoms with Gasteiger partial charge in [0, 0.05) is 0 Å². The Morgan fingerprint density at radius 2 is 1.87 bits per heavy atom. The molecule has 0 saturated carbocycles. The number of ether oxygens (including phenoxy) is 1. The quantitative estimate of drug-likeness (QED) is 0.743. The van der Waals surface area contributed by atoms with Crippen LogP contribution < -0.4 is 9.84 Å². The van der Waals surface area contributed by atoms with Crippen LogP contribution in [0.3, 0.4) is 0 Å². The first-order valence-electron chi connectivity index (χ1n) is 4.57. The molecule has 0 heterocycles. The minimum atomic E-state index is -1.22. The third kappa shape index (κ3) is 2.26. The second-order valence-electron chi connectivity index (χ2n) is 3.17. The lowest BCUT2D eigenvalue weighted by Crippen LogP contribution is -2.28. The Bertz CT molecular complexity index is 491. The monoisotopic (exact) mass is 201 g/mol. The topological polar surface area (TPSA) is 49.4 Å². The molecule has 3 heteroatoms. The van der Waals surface area contributed by atoms with Gasteiger partial charge in [0.05, 0.1) is 5.97 Å². The average Bonchev–Trinajstić information content (AvgIpc) is 2.26. The third-order valence-corrected chi connectivity index (χ3v) is 2.08. The van der Waals surface area contributed by atoms with Crippen molar-refractivity contribution in [1.29, 1.82) is 0 Å². The van der Waals surface area contributed by atoms with Crippen molar-refractivity contribution in [2.45, 2.75) is 0 Å². The van der Waals surface area contributed by atoms with Crippen molar-refractivity contribution in [1.82, 2.24) is 0 Å². The van der Waals surface area contributed by atoms with Gasteiger partial charge in [0.25, 0.3) is 0 Å². The normalized spacial score (nSPS) is 10.1. The van der Waals surface area contributed by atoms with Gasteiger partial charge in [0.2, 0.25) is 0 Å². The molecule has 2 aromatic rings. The van der Waals surface area contributed by atoms with Crippen LogP contribution >= 0.6 is 0 Å². The number of benzene rings is 2. The van der Waals surface area contributed by atoms with Gasteiger partial charge < -0.3 is 14.6 Å². The average molecular weight is 201 g/mol. The van der Waals surface area contributed by atoms with Crippen LogP contribution in [-0.2, 0) is 4.79 Å². The van der Waals surface area contributed by atoms with Crippen molar-refractivity contribution >= 4 is 16.7 Å². The molecule has 0 fully saturated rings. The minimum Gasteiger partial charge on any atom is -0.546 e. The SMILES string of the molecule is O=C([O-])COc1ccc2ccccc2c1. The summed E-state index contributed by atoms with van der Waals surface area (Å²) < 4.78 is 5.01. The highest BCUT2D eigenvalue weighted by Gasteiger charge is 1.96. The highest BCUT2D eigenvalue weighted by atomic mass is 16.5. The summed E-state index contributed by atoms with van der Waals surface area (Å²) in [6.45, 7) is -0.418. The van der Waals surface area contributed by atoms with Gasteiger partial charge in [-0.15, -0.1) is 0 Å². The molecule has 0 amide bonds. The third-order valence-electron chi connectivity index (χ3n) is 2.08. The highest BCUT2D eigenvalue weighted by molar-refractivity contribution is 5.83. The number of rotatable bonds is 3. The van der Waals surface area contributed by atoms with Crippen molar-refractivity contribution in [3.63, 3.8) is 0 Å². The second kappa shape index (κ2) is 4.00. The fraction of sp³-hybridized carbons (Fsp3) is 0.0833. The largest absolute Gasteiger partial charge is 0.546 e. The molecule has 0 aliphatic heterocycles. The van der Waals surface area contributed by atoms with E-state index in [0.29, 0.717) is 5.75 Å². The molecule has 0 aromatic heterocycles. The summed E-state index contributed by atoms with van der Waals surface area (Å²) in [4.78, 5) is 10.2. The Labute approximate surface area is 86.9 Å². The Kier molecular flexibility index (Phi) is 2.54. The van der Waals surface area contributed by atoms with Gasteiger partial charge in [0.1, 0.15) is 12.4 Å². The maximum absolute atomic E-state index is 10.2. The number of hydrogen-bond donors (Lipinski definition) is 0. The van der Waals surface area contributed by atoms with Crippen LogP contribution in [0, 0.1) is 0 Å². The number of carbonyl (C=O) groups excluding carboxylic acids is 1. The molecule has 0 aliphatic carbocycles. The lowest BCUT2D eigenvalue weighted by atomic mass is 10.1. The van der Waals surface area contributed by atoms with E-state index in [4.69, 9.17) is 4.74 Å². The summed E-state index contributed by atoms with van der Waals surface area (Å²) in [5.41, 5.74) is 0. The smallest absolute Gasteiger partial charge is 0.128 e. The summed E-state index contributed by atoms with van der Waals surface area (Å²) in [5.74, 6) is -0.680. The van der Waals surface area contributed by atoms with Crippen molar-refractivity contribution in [2.75, 3.05) is 6.61 Å². The van der Waals surface area contributed by atoms with Crippen molar-refractivity contribution in [2.24, 2.45) is 0 Å². The van der Waals surface area contributed by atoms with Crippen LogP contribution in [-0.4, -0.2) is 12.6 Å². The first-order valence-corrected chi connectivity index (χ1v) is 4.57. The molecule has 0 saturated heterocycles. The van der Waals surface area contributed by atoms with Crippen LogP contribution in [0.1, 0.15) is 0 Å². The van der Waals surface area contributed by atoms with Crippen LogP contribution in [0.15, 0.2) is 42.5 Å². The van der Waals surface area contributed by atoms with Gasteiger partial charge in [-0.2, -0.15) is 0 Å². The van der Waals surface area contributed by atoms with Crippen molar-refractivity contribution in [3.05, 3.63) is 42.5 Å². The maximum Gasteiger partial charge on any atom is 0.128 e. The molecular weight excluding hydrogens is 192 g/mol. The number of carbonyl (C=O) groups is 1. The Hall–Kier alpha value is -2.03. The van der Waals surface area contributed by atoms with Crippen LogP contribution in [0.4, 0.5) is 0 Å². The van der Waals surface area contributed by atoms with Crippen LogP contribution in [0.2, 0.25) is 0 Å². The molecule has 2 aromatic carbocycles. The summed E-state index contributed by atoms with van der Waals surface area (Å²) in [7, 11) is 0. The lowest BCUT2D eigenvalue weighted by Gasteiger charge is -2.07. The second-order valence-corrected chi connectivity index (χ2v) is 3.17. The van der Waals surface area contributed by atoms with Crippen molar-refractivity contribution in [3.8, 4) is 5.75 Å². The molecule has 0 atom stereocenters. The number of carboxylic acids is 1. The zero-order valence-electron chi connectivity index (χ0n) is 7.97. The summed E-state index contributed by atoms with van der Waals surface area (Å²) in [6, 6.07) is 13.2. The van der Waals surface area contributed by atoms with E-state index in [1.807, 2.05) is 30.3 Å². The summed E-state index contributed by atoms with van der Waals surface area (Å²) >= 11 is 0. The van der Waals surface area contributed by atoms with E-state index in [9.17, 15) is 9.90 Å². The zero-order chi connectivity index (χ0) is 10.7. The van der Waals surface area contributed by atoms with Gasteiger partial charge in [-0.1, -0.05) is 30.3 Å². The summed E-state index contributed by atoms with van der Waals surface area (Å²) in [6.07, 6.45) is 0. The Morgan fingerprint density at radius 3 is 2.60 bits per heavy atom. The van der Waals surface area contributed by atoms with Crippen molar-refractivity contribution < 1.29 is 14.6 Å². The molecule has 0 radical (unpaired) electrons. The molecule has 76 valence electrons. The summed E-state index contributed by atoms with van der Waals surface area (Å²) in [5, 5.41) is 12.3. The number of aliphatic carboxylic acids is 1. The van der Waals surface area contributed by atoms with E-state index >= 15 is 0 Å². The van der Waals surface area contributed by atoms with Gasteiger partial charge >= 0.3 is 0 Å². The molecule has 0 aliphatic rings. The molecule has 0 bridgehead atoms. The van der Waals surface area contributed by atoms with E-state index < -0.39 is 12.6 Å². The molecule has 0 spiro atoms. The molecular formula is C12H9O3-. The molecule has 0 unspecified atom stereocenters. The molecule has 2 rings (SSSR count). The Morgan fingerprint density at radius 1 is 1.13 bits per heavy atom. The highest BCUT2D eigenvalue weighted by Crippen LogP contribution is 2.20. The van der Waals surface area contributed by atoms with Gasteiger partial charge in [-0.3, -0.25) is 0 Å². The van der Waals surface area contributed by atoms with Gasteiger partial charge in [0.15, 0.2) is 0 Å². The van der Waals surface area contributed by atoms with Crippen LogP contribution in [0.5, 0.6) is 5.75 Å². The van der Waals surface area contributed by atoms with E-state index in [2.05, 4.69) is 0 Å².